The van der Waals surface area contributed by atoms with Crippen molar-refractivity contribution in [3.05, 3.63) is 75.4 Å². The molecule has 3 aromatic rings. The first-order chi connectivity index (χ1) is 14.0. The number of benzene rings is 2. The molecule has 1 N–H and O–H groups in total. The van der Waals surface area contributed by atoms with Crippen LogP contribution in [0.1, 0.15) is 29.8 Å². The highest BCUT2D eigenvalue weighted by molar-refractivity contribution is 7.83. The fraction of sp³-hybridized carbons (Fsp3) is 0.227. The maximum absolute atomic E-state index is 12.8. The highest BCUT2D eigenvalue weighted by Crippen LogP contribution is 2.32. The maximum atomic E-state index is 12.8. The fourth-order valence-electron chi connectivity index (χ4n) is 2.80. The quantitative estimate of drug-likeness (QED) is 0.451. The van der Waals surface area contributed by atoms with Crippen molar-refractivity contribution in [3.63, 3.8) is 0 Å². The van der Waals surface area contributed by atoms with Crippen LogP contribution in [0.2, 0.25) is 5.02 Å². The van der Waals surface area contributed by atoms with Gasteiger partial charge >= 0.3 is 5.97 Å². The largest absolute Gasteiger partial charge is 0.466 e. The lowest BCUT2D eigenvalue weighted by molar-refractivity contribution is -0.143. The van der Waals surface area contributed by atoms with Crippen LogP contribution in [0.3, 0.4) is 0 Å². The first-order valence-corrected chi connectivity index (χ1v) is 11.6. The average Bonchev–Trinajstić information content (AvgIpc) is 3.18. The molecule has 0 aliphatic heterocycles. The van der Waals surface area contributed by atoms with Crippen molar-refractivity contribution in [2.24, 2.45) is 0 Å². The predicted octanol–water partition coefficient (Wildman–Crippen LogP) is 5.68. The van der Waals surface area contributed by atoms with Gasteiger partial charge in [0.2, 0.25) is 0 Å². The molecule has 0 bridgehead atoms. The third-order valence-corrected chi connectivity index (χ3v) is 6.76. The minimum absolute atomic E-state index is 0.0982. The summed E-state index contributed by atoms with van der Waals surface area (Å²) in [6, 6.07) is 16.7. The molecule has 0 fully saturated rings. The summed E-state index contributed by atoms with van der Waals surface area (Å²) in [4.78, 5) is 13.7. The van der Waals surface area contributed by atoms with Gasteiger partial charge in [0.15, 0.2) is 0 Å². The maximum Gasteiger partial charge on any atom is 0.307 e. The summed E-state index contributed by atoms with van der Waals surface area (Å²) >= 11 is 7.62. The Kier molecular flexibility index (Phi) is 7.61. The number of halogens is 1. The highest BCUT2D eigenvalue weighted by Gasteiger charge is 2.22. The van der Waals surface area contributed by atoms with E-state index in [1.807, 2.05) is 66.9 Å². The molecule has 2 atom stereocenters. The Bertz CT molecular complexity index is 1000. The molecular formula is C22H22ClNO3S2. The van der Waals surface area contributed by atoms with Crippen LogP contribution in [0.15, 0.2) is 64.9 Å². The van der Waals surface area contributed by atoms with Gasteiger partial charge < -0.3 is 4.74 Å². The average molecular weight is 448 g/mol. The van der Waals surface area contributed by atoms with E-state index >= 15 is 0 Å². The second kappa shape index (κ2) is 10.2. The zero-order valence-electron chi connectivity index (χ0n) is 16.2. The molecule has 0 amide bonds. The summed E-state index contributed by atoms with van der Waals surface area (Å²) in [7, 11) is -1.45. The molecule has 4 nitrogen and oxygen atoms in total. The molecule has 3 rings (SSSR count). The van der Waals surface area contributed by atoms with E-state index in [9.17, 15) is 9.00 Å². The van der Waals surface area contributed by atoms with Gasteiger partial charge in [0.25, 0.3) is 0 Å². The Morgan fingerprint density at radius 2 is 1.93 bits per heavy atom. The Labute approximate surface area is 182 Å². The van der Waals surface area contributed by atoms with E-state index in [-0.39, 0.29) is 12.4 Å². The standard InChI is InChI=1S/C22H22ClNO3S2/c1-3-27-22(25)13-20(24-29(26)19-9-7-15(2)8-10-19)21-12-17(14-28-21)16-5-4-6-18(23)11-16/h4-12,14,20,24H,3,13H2,1-2H3/t20-,29+/m0/s1. The van der Waals surface area contributed by atoms with Crippen molar-refractivity contribution in [2.45, 2.75) is 31.2 Å². The SMILES string of the molecule is CCOC(=O)C[C@H](N[S@](=O)c1ccc(C)cc1)c1cc(-c2cccc(Cl)c2)cs1. The Morgan fingerprint density at radius 3 is 2.62 bits per heavy atom. The van der Waals surface area contributed by atoms with Gasteiger partial charge in [0.1, 0.15) is 11.0 Å². The smallest absolute Gasteiger partial charge is 0.307 e. The third kappa shape index (κ3) is 6.00. The van der Waals surface area contributed by atoms with Crippen molar-refractivity contribution >= 4 is 39.9 Å². The van der Waals surface area contributed by atoms with Gasteiger partial charge in [0, 0.05) is 9.90 Å². The zero-order chi connectivity index (χ0) is 20.8. The first-order valence-electron chi connectivity index (χ1n) is 9.21. The van der Waals surface area contributed by atoms with Crippen LogP contribution >= 0.6 is 22.9 Å². The van der Waals surface area contributed by atoms with Gasteiger partial charge in [-0.05, 0) is 60.7 Å². The summed E-state index contributed by atoms with van der Waals surface area (Å²) in [5.41, 5.74) is 3.09. The van der Waals surface area contributed by atoms with E-state index in [2.05, 4.69) is 4.72 Å². The topological polar surface area (TPSA) is 55.4 Å². The third-order valence-electron chi connectivity index (χ3n) is 4.28. The van der Waals surface area contributed by atoms with E-state index in [4.69, 9.17) is 16.3 Å². The van der Waals surface area contributed by atoms with Crippen LogP contribution in [0.25, 0.3) is 11.1 Å². The summed E-state index contributed by atoms with van der Waals surface area (Å²) < 4.78 is 21.0. The lowest BCUT2D eigenvalue weighted by atomic mass is 10.1. The molecular weight excluding hydrogens is 426 g/mol. The second-order valence-electron chi connectivity index (χ2n) is 6.51. The lowest BCUT2D eigenvalue weighted by Crippen LogP contribution is -2.26. The van der Waals surface area contributed by atoms with E-state index in [1.165, 1.54) is 11.3 Å². The number of ether oxygens (including phenoxy) is 1. The number of carbonyl (C=O) groups is 1. The molecule has 2 aromatic carbocycles. The number of aryl methyl sites for hydroxylation is 1. The molecule has 0 radical (unpaired) electrons. The molecule has 1 heterocycles. The van der Waals surface area contributed by atoms with Crippen LogP contribution in [-0.2, 0) is 20.5 Å². The zero-order valence-corrected chi connectivity index (χ0v) is 18.6. The van der Waals surface area contributed by atoms with Crippen molar-refractivity contribution in [3.8, 4) is 11.1 Å². The summed E-state index contributed by atoms with van der Waals surface area (Å²) in [6.07, 6.45) is 0.0982. The van der Waals surface area contributed by atoms with Crippen LogP contribution in [-0.4, -0.2) is 16.8 Å². The van der Waals surface area contributed by atoms with Gasteiger partial charge in [-0.3, -0.25) is 4.79 Å². The number of nitrogens with one attached hydrogen (secondary N) is 1. The molecule has 0 unspecified atom stereocenters. The van der Waals surface area contributed by atoms with Gasteiger partial charge in [-0.25, -0.2) is 8.93 Å². The molecule has 0 aliphatic rings. The van der Waals surface area contributed by atoms with Gasteiger partial charge in [-0.2, -0.15) is 0 Å². The highest BCUT2D eigenvalue weighted by atomic mass is 35.5. The van der Waals surface area contributed by atoms with Crippen molar-refractivity contribution in [2.75, 3.05) is 6.61 Å². The van der Waals surface area contributed by atoms with Crippen LogP contribution in [0, 0.1) is 6.92 Å². The molecule has 152 valence electrons. The van der Waals surface area contributed by atoms with Crippen LogP contribution in [0.4, 0.5) is 0 Å². The molecule has 29 heavy (non-hydrogen) atoms. The van der Waals surface area contributed by atoms with Crippen LogP contribution in [0.5, 0.6) is 0 Å². The van der Waals surface area contributed by atoms with Crippen LogP contribution < -0.4 is 4.72 Å². The Balaban J connectivity index is 1.84. The second-order valence-corrected chi connectivity index (χ2v) is 9.13. The molecule has 0 spiro atoms. The fourth-order valence-corrected chi connectivity index (χ4v) is 5.02. The normalized spacial score (nSPS) is 13.1. The number of carbonyl (C=O) groups excluding carboxylic acids is 1. The van der Waals surface area contributed by atoms with Crippen molar-refractivity contribution in [1.82, 2.24) is 4.72 Å². The van der Waals surface area contributed by atoms with Crippen molar-refractivity contribution < 1.29 is 13.7 Å². The predicted molar refractivity (Wildman–Crippen MR) is 119 cm³/mol. The number of esters is 1. The van der Waals surface area contributed by atoms with E-state index in [0.29, 0.717) is 16.5 Å². The Hall–Kier alpha value is -1.99. The summed E-state index contributed by atoms with van der Waals surface area (Å²) in [6.45, 7) is 4.06. The first kappa shape index (κ1) is 21.7. The van der Waals surface area contributed by atoms with Gasteiger partial charge in [0.05, 0.1) is 24.0 Å². The molecule has 0 aliphatic carbocycles. The minimum Gasteiger partial charge on any atom is -0.466 e. The van der Waals surface area contributed by atoms with Gasteiger partial charge in [-0.1, -0.05) is 41.4 Å². The summed E-state index contributed by atoms with van der Waals surface area (Å²) in [5, 5.41) is 2.67. The number of hydrogen-bond acceptors (Lipinski definition) is 4. The minimum atomic E-state index is -1.45. The van der Waals surface area contributed by atoms with E-state index in [1.54, 1.807) is 6.92 Å². The molecule has 0 saturated carbocycles. The number of thiophene rings is 1. The van der Waals surface area contributed by atoms with Crippen molar-refractivity contribution in [1.29, 1.82) is 0 Å². The Morgan fingerprint density at radius 1 is 1.17 bits per heavy atom. The number of hydrogen-bond donors (Lipinski definition) is 1. The molecule has 7 heteroatoms. The molecule has 0 saturated heterocycles. The van der Waals surface area contributed by atoms with Gasteiger partial charge in [-0.15, -0.1) is 11.3 Å². The monoisotopic (exact) mass is 447 g/mol. The lowest BCUT2D eigenvalue weighted by Gasteiger charge is -2.16. The number of rotatable bonds is 8. The molecule has 1 aromatic heterocycles. The van der Waals surface area contributed by atoms with E-state index in [0.717, 1.165) is 21.6 Å². The van der Waals surface area contributed by atoms with E-state index < -0.39 is 17.0 Å². The summed E-state index contributed by atoms with van der Waals surface area (Å²) in [5.74, 6) is -0.330.